The number of anilines is 1. The molecule has 0 saturated carbocycles. The van der Waals surface area contributed by atoms with Crippen molar-refractivity contribution < 1.29 is 9.18 Å². The minimum Gasteiger partial charge on any atom is -0.326 e. The average Bonchev–Trinajstić information content (AvgIpc) is 2.46. The minimum atomic E-state index is -0.256. The fourth-order valence-electron chi connectivity index (χ4n) is 1.75. The molecule has 0 fully saturated rings. The van der Waals surface area contributed by atoms with Crippen LogP contribution in [0.15, 0.2) is 47.4 Å². The molecule has 0 aliphatic carbocycles. The van der Waals surface area contributed by atoms with E-state index in [1.807, 2.05) is 13.0 Å². The number of amides is 1. The molecule has 21 heavy (non-hydrogen) atoms. The second-order valence-electron chi connectivity index (χ2n) is 4.51. The number of hydrogen-bond acceptors (Lipinski definition) is 2. The quantitative estimate of drug-likeness (QED) is 0.792. The number of benzene rings is 2. The summed E-state index contributed by atoms with van der Waals surface area (Å²) in [6.45, 7) is 1.87. The summed E-state index contributed by atoms with van der Waals surface area (Å²) in [4.78, 5) is 12.8. The van der Waals surface area contributed by atoms with Gasteiger partial charge in [-0.05, 0) is 48.9 Å². The van der Waals surface area contributed by atoms with Crippen LogP contribution in [0.25, 0.3) is 0 Å². The standard InChI is InChI=1S/C16H15ClFNOS/c1-11-14(17)3-2-4-15(11)19-16(20)9-10-21-13-7-5-12(18)6-8-13/h2-8H,9-10H2,1H3,(H,19,20). The Hall–Kier alpha value is -1.52. The Bertz CT molecular complexity index is 631. The van der Waals surface area contributed by atoms with Crippen molar-refractivity contribution in [3.63, 3.8) is 0 Å². The van der Waals surface area contributed by atoms with E-state index in [0.717, 1.165) is 16.1 Å². The van der Waals surface area contributed by atoms with E-state index in [0.29, 0.717) is 17.2 Å². The second-order valence-corrected chi connectivity index (χ2v) is 6.09. The fourth-order valence-corrected chi connectivity index (χ4v) is 2.77. The summed E-state index contributed by atoms with van der Waals surface area (Å²) in [6.07, 6.45) is 0.383. The molecule has 1 amide bonds. The van der Waals surface area contributed by atoms with Gasteiger partial charge in [0.1, 0.15) is 5.82 Å². The maximum absolute atomic E-state index is 12.8. The van der Waals surface area contributed by atoms with Crippen LogP contribution in [0.1, 0.15) is 12.0 Å². The maximum atomic E-state index is 12.8. The molecule has 0 heterocycles. The average molecular weight is 324 g/mol. The van der Waals surface area contributed by atoms with Gasteiger partial charge in [0.2, 0.25) is 5.91 Å². The summed E-state index contributed by atoms with van der Waals surface area (Å²) < 4.78 is 12.8. The molecule has 2 aromatic carbocycles. The van der Waals surface area contributed by atoms with Crippen molar-refractivity contribution in [2.24, 2.45) is 0 Å². The van der Waals surface area contributed by atoms with Crippen molar-refractivity contribution in [2.75, 3.05) is 11.1 Å². The minimum absolute atomic E-state index is 0.0602. The van der Waals surface area contributed by atoms with Crippen LogP contribution < -0.4 is 5.32 Å². The van der Waals surface area contributed by atoms with Gasteiger partial charge in [-0.15, -0.1) is 11.8 Å². The lowest BCUT2D eigenvalue weighted by Gasteiger charge is -2.09. The third-order valence-corrected chi connectivity index (χ3v) is 4.38. The highest BCUT2D eigenvalue weighted by Gasteiger charge is 2.07. The second kappa shape index (κ2) is 7.48. The lowest BCUT2D eigenvalue weighted by atomic mass is 10.2. The Balaban J connectivity index is 1.82. The van der Waals surface area contributed by atoms with Crippen LogP contribution in [0.2, 0.25) is 5.02 Å². The van der Waals surface area contributed by atoms with Crippen LogP contribution in [0.5, 0.6) is 0 Å². The van der Waals surface area contributed by atoms with Crippen molar-refractivity contribution >= 4 is 35.0 Å². The van der Waals surface area contributed by atoms with Crippen LogP contribution in [0, 0.1) is 12.7 Å². The van der Waals surface area contributed by atoms with Crippen molar-refractivity contribution in [1.82, 2.24) is 0 Å². The molecule has 5 heteroatoms. The molecule has 0 aromatic heterocycles. The first-order chi connectivity index (χ1) is 10.1. The van der Waals surface area contributed by atoms with Gasteiger partial charge in [0.15, 0.2) is 0 Å². The molecule has 0 saturated heterocycles. The Kier molecular flexibility index (Phi) is 5.65. The number of carbonyl (C=O) groups excluding carboxylic acids is 1. The molecule has 2 aromatic rings. The zero-order chi connectivity index (χ0) is 15.2. The molecule has 1 N–H and O–H groups in total. The SMILES string of the molecule is Cc1c(Cl)cccc1NC(=O)CCSc1ccc(F)cc1. The first kappa shape index (κ1) is 15.9. The van der Waals surface area contributed by atoms with Gasteiger partial charge in [-0.2, -0.15) is 0 Å². The molecule has 0 atom stereocenters. The van der Waals surface area contributed by atoms with Crippen LogP contribution in [0.3, 0.4) is 0 Å². The third kappa shape index (κ3) is 4.76. The van der Waals surface area contributed by atoms with E-state index < -0.39 is 0 Å². The summed E-state index contributed by atoms with van der Waals surface area (Å²) in [6, 6.07) is 11.7. The molecule has 2 rings (SSSR count). The maximum Gasteiger partial charge on any atom is 0.225 e. The fraction of sp³-hybridized carbons (Fsp3) is 0.188. The molecule has 0 aliphatic rings. The van der Waals surface area contributed by atoms with Crippen LogP contribution in [0.4, 0.5) is 10.1 Å². The number of carbonyl (C=O) groups is 1. The van der Waals surface area contributed by atoms with E-state index >= 15 is 0 Å². The van der Waals surface area contributed by atoms with Gasteiger partial charge < -0.3 is 5.32 Å². The Labute approximate surface area is 132 Å². The summed E-state index contributed by atoms with van der Waals surface area (Å²) in [5.74, 6) is 0.320. The van der Waals surface area contributed by atoms with Crippen LogP contribution in [-0.2, 0) is 4.79 Å². The van der Waals surface area contributed by atoms with E-state index in [1.165, 1.54) is 23.9 Å². The van der Waals surface area contributed by atoms with Gasteiger partial charge in [-0.1, -0.05) is 17.7 Å². The molecule has 0 bridgehead atoms. The van der Waals surface area contributed by atoms with Gasteiger partial charge in [-0.3, -0.25) is 4.79 Å². The normalized spacial score (nSPS) is 10.4. The Morgan fingerprint density at radius 2 is 1.95 bits per heavy atom. The van der Waals surface area contributed by atoms with Crippen molar-refractivity contribution in [3.05, 3.63) is 58.9 Å². The van der Waals surface area contributed by atoms with Crippen molar-refractivity contribution in [2.45, 2.75) is 18.2 Å². The van der Waals surface area contributed by atoms with Crippen molar-refractivity contribution in [3.8, 4) is 0 Å². The van der Waals surface area contributed by atoms with E-state index in [4.69, 9.17) is 11.6 Å². The largest absolute Gasteiger partial charge is 0.326 e. The molecular formula is C16H15ClFNOS. The highest BCUT2D eigenvalue weighted by molar-refractivity contribution is 7.99. The Morgan fingerprint density at radius 3 is 2.67 bits per heavy atom. The van der Waals surface area contributed by atoms with E-state index in [-0.39, 0.29) is 11.7 Å². The lowest BCUT2D eigenvalue weighted by molar-refractivity contribution is -0.115. The third-order valence-electron chi connectivity index (χ3n) is 2.95. The number of hydrogen-bond donors (Lipinski definition) is 1. The first-order valence-electron chi connectivity index (χ1n) is 6.49. The highest BCUT2D eigenvalue weighted by atomic mass is 35.5. The van der Waals surface area contributed by atoms with Gasteiger partial charge >= 0.3 is 0 Å². The molecule has 110 valence electrons. The van der Waals surface area contributed by atoms with Gasteiger partial charge in [-0.25, -0.2) is 4.39 Å². The Morgan fingerprint density at radius 1 is 1.24 bits per heavy atom. The zero-order valence-corrected chi connectivity index (χ0v) is 13.1. The molecular weight excluding hydrogens is 309 g/mol. The lowest BCUT2D eigenvalue weighted by Crippen LogP contribution is -2.13. The predicted octanol–water partition coefficient (Wildman–Crippen LogP) is 4.91. The monoisotopic (exact) mass is 323 g/mol. The van der Waals surface area contributed by atoms with Gasteiger partial charge in [0.25, 0.3) is 0 Å². The molecule has 2 nitrogen and oxygen atoms in total. The summed E-state index contributed by atoms with van der Waals surface area (Å²) in [5.41, 5.74) is 1.60. The molecule has 0 radical (unpaired) electrons. The van der Waals surface area contributed by atoms with Gasteiger partial charge in [0.05, 0.1) is 0 Å². The summed E-state index contributed by atoms with van der Waals surface area (Å²) in [5, 5.41) is 3.48. The van der Waals surface area contributed by atoms with Crippen molar-refractivity contribution in [1.29, 1.82) is 0 Å². The van der Waals surface area contributed by atoms with E-state index in [9.17, 15) is 9.18 Å². The number of halogens is 2. The first-order valence-corrected chi connectivity index (χ1v) is 7.86. The van der Waals surface area contributed by atoms with Gasteiger partial charge in [0, 0.05) is 27.8 Å². The molecule has 0 spiro atoms. The number of nitrogens with one attached hydrogen (secondary N) is 1. The van der Waals surface area contributed by atoms with E-state index in [1.54, 1.807) is 24.3 Å². The van der Waals surface area contributed by atoms with Crippen LogP contribution in [-0.4, -0.2) is 11.7 Å². The number of thioether (sulfide) groups is 1. The number of rotatable bonds is 5. The highest BCUT2D eigenvalue weighted by Crippen LogP contribution is 2.23. The topological polar surface area (TPSA) is 29.1 Å². The summed E-state index contributed by atoms with van der Waals surface area (Å²) >= 11 is 7.53. The smallest absolute Gasteiger partial charge is 0.225 e. The zero-order valence-electron chi connectivity index (χ0n) is 11.5. The van der Waals surface area contributed by atoms with E-state index in [2.05, 4.69) is 5.32 Å². The molecule has 0 aliphatic heterocycles. The molecule has 0 unspecified atom stereocenters. The van der Waals surface area contributed by atoms with Crippen LogP contribution >= 0.6 is 23.4 Å². The summed E-state index contributed by atoms with van der Waals surface area (Å²) in [7, 11) is 0. The predicted molar refractivity (Wildman–Crippen MR) is 86.6 cm³/mol.